The lowest BCUT2D eigenvalue weighted by Gasteiger charge is -2.36. The Bertz CT molecular complexity index is 443. The topological polar surface area (TPSA) is 65.1 Å². The van der Waals surface area contributed by atoms with E-state index in [9.17, 15) is 9.59 Å². The minimum atomic E-state index is -0.456. The molecule has 144 valence electrons. The summed E-state index contributed by atoms with van der Waals surface area (Å²) >= 11 is 0. The van der Waals surface area contributed by atoms with Crippen LogP contribution in [-0.2, 0) is 19.0 Å². The molecule has 1 aliphatic heterocycles. The van der Waals surface area contributed by atoms with E-state index in [1.54, 1.807) is 4.90 Å². The van der Waals surface area contributed by atoms with Crippen LogP contribution in [0.2, 0.25) is 0 Å². The van der Waals surface area contributed by atoms with E-state index in [0.717, 1.165) is 38.5 Å². The third kappa shape index (κ3) is 6.49. The van der Waals surface area contributed by atoms with E-state index in [4.69, 9.17) is 14.2 Å². The average molecular weight is 355 g/mol. The Morgan fingerprint density at radius 1 is 0.960 bits per heavy atom. The number of nitrogens with zero attached hydrogens (tertiary/aromatic N) is 1. The Hall–Kier alpha value is -1.30. The van der Waals surface area contributed by atoms with Crippen molar-refractivity contribution in [2.24, 2.45) is 5.92 Å². The number of hydrogen-bond donors (Lipinski definition) is 0. The molecule has 1 amide bonds. The summed E-state index contributed by atoms with van der Waals surface area (Å²) in [5, 5.41) is 0. The fourth-order valence-corrected chi connectivity index (χ4v) is 3.47. The van der Waals surface area contributed by atoms with Gasteiger partial charge in [-0.3, -0.25) is 4.79 Å². The largest absolute Gasteiger partial charge is 0.466 e. The predicted octanol–water partition coefficient (Wildman–Crippen LogP) is 3.52. The highest BCUT2D eigenvalue weighted by molar-refractivity contribution is 5.72. The van der Waals surface area contributed by atoms with E-state index in [1.165, 1.54) is 0 Å². The number of rotatable bonds is 4. The first-order valence-electron chi connectivity index (χ1n) is 9.58. The SMILES string of the molecule is CCOC(=O)[C@H]1CC[C@H](OC2CCN(C(=O)OC(C)(C)C)CC2)CC1. The fourth-order valence-electron chi connectivity index (χ4n) is 3.47. The Labute approximate surface area is 151 Å². The standard InChI is InChI=1S/C19H33NO5/c1-5-23-17(21)14-6-8-15(9-7-14)24-16-10-12-20(13-11-16)18(22)25-19(2,3)4/h14-16H,5-13H2,1-4H3/t14-,15-. The maximum absolute atomic E-state index is 12.1. The van der Waals surface area contributed by atoms with Gasteiger partial charge in [-0.15, -0.1) is 0 Å². The molecule has 1 aliphatic carbocycles. The Balaban J connectivity index is 1.67. The molecule has 2 fully saturated rings. The number of esters is 1. The molecule has 0 unspecified atom stereocenters. The van der Waals surface area contributed by atoms with Crippen LogP contribution in [0.3, 0.4) is 0 Å². The number of carbonyl (C=O) groups is 2. The third-order valence-corrected chi connectivity index (χ3v) is 4.77. The molecule has 1 saturated carbocycles. The second-order valence-corrected chi connectivity index (χ2v) is 8.03. The summed E-state index contributed by atoms with van der Waals surface area (Å²) in [5.74, 6) is -0.0274. The summed E-state index contributed by atoms with van der Waals surface area (Å²) in [4.78, 5) is 25.6. The molecule has 1 heterocycles. The van der Waals surface area contributed by atoms with Crippen LogP contribution in [0.25, 0.3) is 0 Å². The summed E-state index contributed by atoms with van der Waals surface area (Å²) in [7, 11) is 0. The highest BCUT2D eigenvalue weighted by Crippen LogP contribution is 2.29. The van der Waals surface area contributed by atoms with Crippen molar-refractivity contribution in [2.45, 2.75) is 84.0 Å². The molecular formula is C19H33NO5. The summed E-state index contributed by atoms with van der Waals surface area (Å²) in [6.45, 7) is 9.30. The van der Waals surface area contributed by atoms with E-state index in [0.29, 0.717) is 19.7 Å². The maximum atomic E-state index is 12.1. The van der Waals surface area contributed by atoms with Crippen LogP contribution in [0, 0.1) is 5.92 Å². The van der Waals surface area contributed by atoms with Gasteiger partial charge in [0, 0.05) is 13.1 Å². The molecule has 0 N–H and O–H groups in total. The molecular weight excluding hydrogens is 322 g/mol. The van der Waals surface area contributed by atoms with Crippen molar-refractivity contribution in [1.29, 1.82) is 0 Å². The quantitative estimate of drug-likeness (QED) is 0.722. The minimum absolute atomic E-state index is 0.0359. The van der Waals surface area contributed by atoms with E-state index in [1.807, 2.05) is 27.7 Å². The normalized spacial score (nSPS) is 25.5. The Morgan fingerprint density at radius 3 is 2.04 bits per heavy atom. The first kappa shape index (κ1) is 20.0. The molecule has 0 aromatic carbocycles. The average Bonchev–Trinajstić information content (AvgIpc) is 2.55. The van der Waals surface area contributed by atoms with Crippen LogP contribution in [0.5, 0.6) is 0 Å². The number of amides is 1. The highest BCUT2D eigenvalue weighted by atomic mass is 16.6. The minimum Gasteiger partial charge on any atom is -0.466 e. The van der Waals surface area contributed by atoms with Gasteiger partial charge in [0.1, 0.15) is 5.60 Å². The molecule has 25 heavy (non-hydrogen) atoms. The van der Waals surface area contributed by atoms with Gasteiger partial charge in [-0.05, 0) is 66.2 Å². The second-order valence-electron chi connectivity index (χ2n) is 8.03. The van der Waals surface area contributed by atoms with Gasteiger partial charge in [-0.25, -0.2) is 4.79 Å². The summed E-state index contributed by atoms with van der Waals surface area (Å²) in [5.41, 5.74) is -0.456. The van der Waals surface area contributed by atoms with E-state index in [-0.39, 0.29) is 30.2 Å². The molecule has 2 aliphatic rings. The van der Waals surface area contributed by atoms with Gasteiger partial charge in [0.15, 0.2) is 0 Å². The van der Waals surface area contributed by atoms with Gasteiger partial charge in [0.05, 0.1) is 24.7 Å². The van der Waals surface area contributed by atoms with Gasteiger partial charge in [-0.2, -0.15) is 0 Å². The second kappa shape index (κ2) is 8.88. The maximum Gasteiger partial charge on any atom is 0.410 e. The predicted molar refractivity (Wildman–Crippen MR) is 94.3 cm³/mol. The van der Waals surface area contributed by atoms with Crippen molar-refractivity contribution in [3.8, 4) is 0 Å². The van der Waals surface area contributed by atoms with Crippen molar-refractivity contribution in [3.63, 3.8) is 0 Å². The molecule has 0 bridgehead atoms. The number of likely N-dealkylation sites (tertiary alicyclic amines) is 1. The van der Waals surface area contributed by atoms with Gasteiger partial charge >= 0.3 is 12.1 Å². The fraction of sp³-hybridized carbons (Fsp3) is 0.895. The summed E-state index contributed by atoms with van der Waals surface area (Å²) in [6.07, 6.45) is 5.40. The molecule has 6 nitrogen and oxygen atoms in total. The Morgan fingerprint density at radius 2 is 1.52 bits per heavy atom. The third-order valence-electron chi connectivity index (χ3n) is 4.77. The van der Waals surface area contributed by atoms with Crippen LogP contribution in [0.1, 0.15) is 66.2 Å². The lowest BCUT2D eigenvalue weighted by atomic mass is 9.87. The highest BCUT2D eigenvalue weighted by Gasteiger charge is 2.31. The van der Waals surface area contributed by atoms with E-state index >= 15 is 0 Å². The number of ether oxygens (including phenoxy) is 3. The monoisotopic (exact) mass is 355 g/mol. The molecule has 0 atom stereocenters. The van der Waals surface area contributed by atoms with Gasteiger partial charge in [0.2, 0.25) is 0 Å². The number of piperidine rings is 1. The van der Waals surface area contributed by atoms with Crippen molar-refractivity contribution in [2.75, 3.05) is 19.7 Å². The zero-order valence-corrected chi connectivity index (χ0v) is 16.1. The van der Waals surface area contributed by atoms with Crippen LogP contribution >= 0.6 is 0 Å². The number of carbonyl (C=O) groups excluding carboxylic acids is 2. The zero-order chi connectivity index (χ0) is 18.4. The summed E-state index contributed by atoms with van der Waals surface area (Å²) < 4.78 is 16.7. The van der Waals surface area contributed by atoms with Crippen LogP contribution in [0.15, 0.2) is 0 Å². The first-order chi connectivity index (χ1) is 11.8. The van der Waals surface area contributed by atoms with E-state index < -0.39 is 5.60 Å². The van der Waals surface area contributed by atoms with Crippen LogP contribution in [-0.4, -0.2) is 54.5 Å². The lowest BCUT2D eigenvalue weighted by molar-refractivity contribution is -0.150. The molecule has 0 aromatic heterocycles. The van der Waals surface area contributed by atoms with Crippen LogP contribution in [0.4, 0.5) is 4.79 Å². The number of hydrogen-bond acceptors (Lipinski definition) is 5. The van der Waals surface area contributed by atoms with Gasteiger partial charge in [-0.1, -0.05) is 0 Å². The molecule has 1 saturated heterocycles. The Kier molecular flexibility index (Phi) is 7.11. The summed E-state index contributed by atoms with van der Waals surface area (Å²) in [6, 6.07) is 0. The smallest absolute Gasteiger partial charge is 0.410 e. The van der Waals surface area contributed by atoms with Crippen molar-refractivity contribution >= 4 is 12.1 Å². The first-order valence-corrected chi connectivity index (χ1v) is 9.58. The van der Waals surface area contributed by atoms with Gasteiger partial charge in [0.25, 0.3) is 0 Å². The molecule has 6 heteroatoms. The van der Waals surface area contributed by atoms with Crippen LogP contribution < -0.4 is 0 Å². The molecule has 0 spiro atoms. The van der Waals surface area contributed by atoms with Crippen molar-refractivity contribution in [3.05, 3.63) is 0 Å². The zero-order valence-electron chi connectivity index (χ0n) is 16.1. The molecule has 0 aromatic rings. The molecule has 2 rings (SSSR count). The van der Waals surface area contributed by atoms with E-state index in [2.05, 4.69) is 0 Å². The molecule has 0 radical (unpaired) electrons. The van der Waals surface area contributed by atoms with Crippen molar-refractivity contribution < 1.29 is 23.8 Å². The van der Waals surface area contributed by atoms with Gasteiger partial charge < -0.3 is 19.1 Å². The van der Waals surface area contributed by atoms with Crippen molar-refractivity contribution in [1.82, 2.24) is 4.90 Å². The lowest BCUT2D eigenvalue weighted by Crippen LogP contribution is -2.44.